The minimum atomic E-state index is -0.656. The van der Waals surface area contributed by atoms with Gasteiger partial charge in [0.1, 0.15) is 6.04 Å². The molecule has 2 N–H and O–H groups in total. The molecule has 0 unspecified atom stereocenters. The lowest BCUT2D eigenvalue weighted by Gasteiger charge is -2.24. The fourth-order valence-corrected chi connectivity index (χ4v) is 4.27. The highest BCUT2D eigenvalue weighted by atomic mass is 16.2. The topological polar surface area (TPSA) is 83.0 Å². The predicted octanol–water partition coefficient (Wildman–Crippen LogP) is 3.68. The van der Waals surface area contributed by atoms with Gasteiger partial charge in [0.25, 0.3) is 0 Å². The van der Waals surface area contributed by atoms with E-state index in [0.717, 1.165) is 39.1 Å². The van der Waals surface area contributed by atoms with Crippen molar-refractivity contribution in [1.29, 1.82) is 0 Å². The molecule has 7 heteroatoms. The summed E-state index contributed by atoms with van der Waals surface area (Å²) in [5.74, 6) is -0.368. The number of aromatic amines is 1. The number of para-hydroxylation sites is 2. The normalized spacial score (nSPS) is 12.0. The first-order chi connectivity index (χ1) is 15.8. The molecule has 4 aromatic rings. The average Bonchev–Trinajstić information content (AvgIpc) is 3.34. The number of carbonyl (C=O) groups is 2. The largest absolute Gasteiger partial charge is 0.361 e. The maximum atomic E-state index is 13.4. The highest BCUT2D eigenvalue weighted by molar-refractivity contribution is 5.89. The zero-order chi connectivity index (χ0) is 23.5. The van der Waals surface area contributed by atoms with Crippen molar-refractivity contribution in [2.75, 3.05) is 7.05 Å². The fraction of sp³-hybridized carbons (Fsp3) is 0.269. The maximum Gasteiger partial charge on any atom is 0.245 e. The molecule has 0 radical (unpaired) electrons. The van der Waals surface area contributed by atoms with E-state index < -0.39 is 6.04 Å². The van der Waals surface area contributed by atoms with Crippen LogP contribution in [-0.2, 0) is 22.6 Å². The van der Waals surface area contributed by atoms with Gasteiger partial charge in [-0.15, -0.1) is 0 Å². The molecule has 2 aromatic heterocycles. The van der Waals surface area contributed by atoms with E-state index in [1.807, 2.05) is 79.3 Å². The van der Waals surface area contributed by atoms with Gasteiger partial charge in [-0.25, -0.2) is 4.68 Å². The first kappa shape index (κ1) is 22.3. The van der Waals surface area contributed by atoms with Crippen LogP contribution in [0.4, 0.5) is 0 Å². The zero-order valence-corrected chi connectivity index (χ0v) is 19.4. The number of hydrogen-bond donors (Lipinski definition) is 2. The summed E-state index contributed by atoms with van der Waals surface area (Å²) in [5.41, 5.74) is 5.86. The molecule has 0 aliphatic rings. The van der Waals surface area contributed by atoms with E-state index in [0.29, 0.717) is 13.0 Å². The number of nitrogens with one attached hydrogen (secondary N) is 2. The van der Waals surface area contributed by atoms with Gasteiger partial charge in [0.2, 0.25) is 11.8 Å². The first-order valence-electron chi connectivity index (χ1n) is 11.0. The Bertz CT molecular complexity index is 1290. The summed E-state index contributed by atoms with van der Waals surface area (Å²) in [6.45, 7) is 5.82. The lowest BCUT2D eigenvalue weighted by Crippen LogP contribution is -2.47. The van der Waals surface area contributed by atoms with E-state index in [4.69, 9.17) is 0 Å². The standard InChI is InChI=1S/C26H29N5O2/c1-17-23(18(2)31(29-17)21-10-6-5-7-11-21)16-30(4)26(33)25(28-19(3)32)14-20-15-27-24-13-9-8-12-22(20)24/h5-13,15,25,27H,14,16H2,1-4H3,(H,28,32)/t25-/m1/s1. The van der Waals surface area contributed by atoms with Crippen LogP contribution in [-0.4, -0.2) is 44.6 Å². The predicted molar refractivity (Wildman–Crippen MR) is 129 cm³/mol. The SMILES string of the molecule is CC(=O)N[C@H](Cc1c[nH]c2ccccc12)C(=O)N(C)Cc1c(C)nn(-c2ccccc2)c1C. The van der Waals surface area contributed by atoms with Crippen molar-refractivity contribution in [1.82, 2.24) is 25.0 Å². The number of fused-ring (bicyclic) bond motifs is 1. The van der Waals surface area contributed by atoms with Crippen molar-refractivity contribution < 1.29 is 9.59 Å². The first-order valence-corrected chi connectivity index (χ1v) is 11.0. The van der Waals surface area contributed by atoms with Gasteiger partial charge in [-0.1, -0.05) is 36.4 Å². The second kappa shape index (κ2) is 9.32. The molecule has 0 saturated carbocycles. The van der Waals surface area contributed by atoms with E-state index in [1.54, 1.807) is 11.9 Å². The number of aryl methyl sites for hydroxylation is 1. The molecular formula is C26H29N5O2. The molecule has 0 fully saturated rings. The molecule has 2 heterocycles. The van der Waals surface area contributed by atoms with E-state index in [1.165, 1.54) is 6.92 Å². The van der Waals surface area contributed by atoms with Crippen LogP contribution in [0.1, 0.15) is 29.4 Å². The number of H-pyrrole nitrogens is 1. The molecule has 0 aliphatic heterocycles. The smallest absolute Gasteiger partial charge is 0.245 e. The summed E-state index contributed by atoms with van der Waals surface area (Å²) >= 11 is 0. The Morgan fingerprint density at radius 3 is 2.52 bits per heavy atom. The Labute approximate surface area is 193 Å². The minimum Gasteiger partial charge on any atom is -0.361 e. The summed E-state index contributed by atoms with van der Waals surface area (Å²) in [4.78, 5) is 30.2. The molecule has 0 bridgehead atoms. The maximum absolute atomic E-state index is 13.4. The lowest BCUT2D eigenvalue weighted by molar-refractivity contribution is -0.135. The highest BCUT2D eigenvalue weighted by Gasteiger charge is 2.26. The van der Waals surface area contributed by atoms with Gasteiger partial charge in [0.15, 0.2) is 0 Å². The zero-order valence-electron chi connectivity index (χ0n) is 19.4. The third-order valence-corrected chi connectivity index (χ3v) is 5.99. The van der Waals surface area contributed by atoms with Crippen molar-refractivity contribution >= 4 is 22.7 Å². The molecule has 33 heavy (non-hydrogen) atoms. The Kier molecular flexibility index (Phi) is 6.31. The number of aromatic nitrogens is 3. The molecule has 4 rings (SSSR count). The van der Waals surface area contributed by atoms with Crippen LogP contribution in [0.5, 0.6) is 0 Å². The molecule has 1 atom stereocenters. The molecule has 2 amide bonds. The van der Waals surface area contributed by atoms with Crippen LogP contribution in [0.3, 0.4) is 0 Å². The van der Waals surface area contributed by atoms with Gasteiger partial charge < -0.3 is 15.2 Å². The van der Waals surface area contributed by atoms with Gasteiger partial charge in [0, 0.05) is 55.3 Å². The molecule has 0 spiro atoms. The summed E-state index contributed by atoms with van der Waals surface area (Å²) in [6, 6.07) is 17.2. The van der Waals surface area contributed by atoms with Crippen molar-refractivity contribution in [2.24, 2.45) is 0 Å². The third kappa shape index (κ3) is 4.67. The molecular weight excluding hydrogens is 414 g/mol. The Hall–Kier alpha value is -3.87. The third-order valence-electron chi connectivity index (χ3n) is 5.99. The second-order valence-corrected chi connectivity index (χ2v) is 8.41. The monoisotopic (exact) mass is 443 g/mol. The van der Waals surface area contributed by atoms with Gasteiger partial charge in [-0.05, 0) is 37.6 Å². The van der Waals surface area contributed by atoms with Crippen LogP contribution >= 0.6 is 0 Å². The summed E-state index contributed by atoms with van der Waals surface area (Å²) < 4.78 is 1.90. The van der Waals surface area contributed by atoms with Crippen molar-refractivity contribution in [2.45, 2.75) is 39.8 Å². The number of carbonyl (C=O) groups excluding carboxylic acids is 2. The van der Waals surface area contributed by atoms with Crippen LogP contribution in [0.15, 0.2) is 60.8 Å². The summed E-state index contributed by atoms with van der Waals surface area (Å²) in [6.07, 6.45) is 2.32. The molecule has 0 saturated heterocycles. The quantitative estimate of drug-likeness (QED) is 0.457. The van der Waals surface area contributed by atoms with Crippen molar-refractivity contribution in [3.63, 3.8) is 0 Å². The van der Waals surface area contributed by atoms with Crippen LogP contribution < -0.4 is 5.32 Å². The van der Waals surface area contributed by atoms with Crippen LogP contribution in [0.25, 0.3) is 16.6 Å². The second-order valence-electron chi connectivity index (χ2n) is 8.41. The van der Waals surface area contributed by atoms with E-state index in [9.17, 15) is 9.59 Å². The molecule has 170 valence electrons. The van der Waals surface area contributed by atoms with E-state index >= 15 is 0 Å². The number of benzene rings is 2. The number of nitrogens with zero attached hydrogens (tertiary/aromatic N) is 3. The number of hydrogen-bond acceptors (Lipinski definition) is 3. The number of amides is 2. The van der Waals surface area contributed by atoms with E-state index in [2.05, 4.69) is 15.4 Å². The minimum absolute atomic E-state index is 0.137. The number of likely N-dealkylation sites (N-methyl/N-ethyl adjacent to an activating group) is 1. The van der Waals surface area contributed by atoms with Crippen LogP contribution in [0, 0.1) is 13.8 Å². The molecule has 0 aliphatic carbocycles. The van der Waals surface area contributed by atoms with Gasteiger partial charge in [0.05, 0.1) is 11.4 Å². The number of rotatable bonds is 7. The molecule has 2 aromatic carbocycles. The van der Waals surface area contributed by atoms with Gasteiger partial charge in [-0.3, -0.25) is 9.59 Å². The lowest BCUT2D eigenvalue weighted by atomic mass is 10.0. The van der Waals surface area contributed by atoms with Crippen molar-refractivity contribution in [3.05, 3.63) is 83.3 Å². The van der Waals surface area contributed by atoms with E-state index in [-0.39, 0.29) is 11.8 Å². The summed E-state index contributed by atoms with van der Waals surface area (Å²) in [7, 11) is 1.77. The van der Waals surface area contributed by atoms with Crippen LogP contribution in [0.2, 0.25) is 0 Å². The van der Waals surface area contributed by atoms with Crippen molar-refractivity contribution in [3.8, 4) is 5.69 Å². The Morgan fingerprint density at radius 1 is 1.09 bits per heavy atom. The highest BCUT2D eigenvalue weighted by Crippen LogP contribution is 2.22. The van der Waals surface area contributed by atoms with Gasteiger partial charge >= 0.3 is 0 Å². The van der Waals surface area contributed by atoms with Gasteiger partial charge in [-0.2, -0.15) is 5.10 Å². The Morgan fingerprint density at radius 2 is 1.79 bits per heavy atom. The Balaban J connectivity index is 1.56. The fourth-order valence-electron chi connectivity index (χ4n) is 4.27. The molecule has 7 nitrogen and oxygen atoms in total. The summed E-state index contributed by atoms with van der Waals surface area (Å²) in [5, 5.41) is 8.59. The average molecular weight is 444 g/mol.